The fourth-order valence-electron chi connectivity index (χ4n) is 4.20. The number of sulfone groups is 1. The van der Waals surface area contributed by atoms with E-state index in [-0.39, 0.29) is 16.8 Å². The van der Waals surface area contributed by atoms with Crippen LogP contribution in [0.3, 0.4) is 0 Å². The Morgan fingerprint density at radius 3 is 2.90 bits per heavy atom. The summed E-state index contributed by atoms with van der Waals surface area (Å²) in [4.78, 5) is 9.07. The van der Waals surface area contributed by atoms with E-state index in [1.165, 1.54) is 0 Å². The zero-order valence-electron chi connectivity index (χ0n) is 16.0. The maximum absolute atomic E-state index is 12.9. The number of anilines is 2. The second-order valence-corrected chi connectivity index (χ2v) is 10.5. The van der Waals surface area contributed by atoms with Gasteiger partial charge in [0.2, 0.25) is 5.79 Å². The molecule has 0 radical (unpaired) electrons. The average Bonchev–Trinajstić information content (AvgIpc) is 3.38. The maximum atomic E-state index is 12.9. The zero-order valence-corrected chi connectivity index (χ0v) is 17.6. The number of benzene rings is 2. The van der Waals surface area contributed by atoms with Crippen LogP contribution in [0.5, 0.6) is 0 Å². The first-order chi connectivity index (χ1) is 14.4. The summed E-state index contributed by atoms with van der Waals surface area (Å²) in [6.45, 7) is 2.24. The number of aromatic nitrogens is 2. The minimum atomic E-state index is -3.54. The fourth-order valence-corrected chi connectivity index (χ4v) is 6.66. The molecule has 6 rings (SSSR count). The molecule has 0 bridgehead atoms. The Hall–Kier alpha value is -2.59. The van der Waals surface area contributed by atoms with Gasteiger partial charge in [-0.15, -0.1) is 11.3 Å². The lowest BCUT2D eigenvalue weighted by atomic mass is 10.0. The summed E-state index contributed by atoms with van der Waals surface area (Å²) in [5, 5.41) is 4.11. The summed E-state index contributed by atoms with van der Waals surface area (Å²) in [5.41, 5.74) is 5.59. The molecule has 0 saturated carbocycles. The van der Waals surface area contributed by atoms with E-state index in [9.17, 15) is 8.42 Å². The Morgan fingerprint density at radius 2 is 2.07 bits per heavy atom. The van der Waals surface area contributed by atoms with Crippen LogP contribution in [0.4, 0.5) is 11.4 Å². The van der Waals surface area contributed by atoms with Gasteiger partial charge in [0.05, 0.1) is 38.9 Å². The molecule has 0 aliphatic carbocycles. The number of nitrogens with zero attached hydrogens (tertiary/aromatic N) is 2. The smallest absolute Gasteiger partial charge is 0.211 e. The number of nitrogens with one attached hydrogen (secondary N) is 1. The van der Waals surface area contributed by atoms with Crippen molar-refractivity contribution in [2.75, 3.05) is 17.7 Å². The van der Waals surface area contributed by atoms with Crippen molar-refractivity contribution in [3.8, 4) is 0 Å². The van der Waals surface area contributed by atoms with E-state index in [0.29, 0.717) is 17.7 Å². The number of fused-ring (bicyclic) bond motifs is 4. The van der Waals surface area contributed by atoms with Crippen LogP contribution >= 0.6 is 11.3 Å². The Balaban J connectivity index is 1.49. The summed E-state index contributed by atoms with van der Waals surface area (Å²) in [6, 6.07) is 11.3. The summed E-state index contributed by atoms with van der Waals surface area (Å²) in [7, 11) is -3.54. The van der Waals surface area contributed by atoms with Crippen LogP contribution in [-0.2, 0) is 25.1 Å². The van der Waals surface area contributed by atoms with Gasteiger partial charge in [0.15, 0.2) is 9.84 Å². The number of ether oxygens (including phenoxy) is 2. The van der Waals surface area contributed by atoms with Gasteiger partial charge in [0, 0.05) is 28.5 Å². The van der Waals surface area contributed by atoms with Crippen LogP contribution < -0.4 is 5.32 Å². The topological polar surface area (TPSA) is 90.4 Å². The summed E-state index contributed by atoms with van der Waals surface area (Å²) >= 11 is 1.59. The average molecular weight is 440 g/mol. The maximum Gasteiger partial charge on any atom is 0.211 e. The molecule has 2 unspecified atom stereocenters. The van der Waals surface area contributed by atoms with Crippen molar-refractivity contribution >= 4 is 53.7 Å². The number of pyridine rings is 1. The minimum Gasteiger partial charge on any atom is -0.355 e. The molecule has 2 aromatic carbocycles. The molecule has 9 heteroatoms. The highest BCUT2D eigenvalue weighted by Gasteiger charge is 2.53. The molecule has 2 aromatic heterocycles. The zero-order chi connectivity index (χ0) is 20.5. The van der Waals surface area contributed by atoms with Crippen LogP contribution in [-0.4, -0.2) is 36.8 Å². The van der Waals surface area contributed by atoms with Crippen LogP contribution in [0.15, 0.2) is 53.0 Å². The van der Waals surface area contributed by atoms with E-state index < -0.39 is 15.6 Å². The molecule has 1 fully saturated rings. The van der Waals surface area contributed by atoms with Gasteiger partial charge in [-0.3, -0.25) is 4.98 Å². The van der Waals surface area contributed by atoms with Crippen LogP contribution in [0.1, 0.15) is 12.5 Å². The number of hydrogen-bond donors (Lipinski definition) is 1. The molecular weight excluding hydrogens is 422 g/mol. The largest absolute Gasteiger partial charge is 0.355 e. The van der Waals surface area contributed by atoms with Gasteiger partial charge in [-0.05, 0) is 43.3 Å². The van der Waals surface area contributed by atoms with Crippen LogP contribution in [0.25, 0.3) is 21.1 Å². The molecule has 0 amide bonds. The molecule has 152 valence electrons. The lowest BCUT2D eigenvalue weighted by molar-refractivity contribution is -0.155. The second kappa shape index (κ2) is 6.21. The standard InChI is InChI=1S/C21H17N3O4S2/c1-12-9-27-21(28-12)10-30(25,26)20-7-14-16(4-5-22-17(14)8-15(20)21)24-13-2-3-19-18(6-13)23-11-29-19/h2-8,11-12H,9-10H2,1H3,(H,22,24). The van der Waals surface area contributed by atoms with Crippen molar-refractivity contribution in [3.05, 3.63) is 53.7 Å². The van der Waals surface area contributed by atoms with Crippen molar-refractivity contribution < 1.29 is 17.9 Å². The third-order valence-electron chi connectivity index (χ3n) is 5.52. The first kappa shape index (κ1) is 18.2. The Labute approximate surface area is 176 Å². The fraction of sp³-hybridized carbons (Fsp3) is 0.238. The van der Waals surface area contributed by atoms with Gasteiger partial charge in [0.25, 0.3) is 0 Å². The van der Waals surface area contributed by atoms with Gasteiger partial charge >= 0.3 is 0 Å². The lowest BCUT2D eigenvalue weighted by Gasteiger charge is -2.22. The normalized spacial score (nSPS) is 24.6. The second-order valence-electron chi connectivity index (χ2n) is 7.64. The van der Waals surface area contributed by atoms with Gasteiger partial charge in [0.1, 0.15) is 5.75 Å². The Bertz CT molecular complexity index is 1430. The quantitative estimate of drug-likeness (QED) is 0.505. The molecule has 2 aliphatic heterocycles. The predicted octanol–water partition coefficient (Wildman–Crippen LogP) is 3.96. The molecule has 2 aliphatic rings. The summed E-state index contributed by atoms with van der Waals surface area (Å²) in [6.07, 6.45) is 1.54. The minimum absolute atomic E-state index is 0.163. The molecule has 7 nitrogen and oxygen atoms in total. The number of thiazole rings is 1. The van der Waals surface area contributed by atoms with Crippen LogP contribution in [0.2, 0.25) is 0 Å². The van der Waals surface area contributed by atoms with E-state index >= 15 is 0 Å². The number of rotatable bonds is 2. The third-order valence-corrected chi connectivity index (χ3v) is 8.10. The Morgan fingerprint density at radius 1 is 1.17 bits per heavy atom. The van der Waals surface area contributed by atoms with Crippen molar-refractivity contribution in [1.82, 2.24) is 9.97 Å². The monoisotopic (exact) mass is 439 g/mol. The van der Waals surface area contributed by atoms with Gasteiger partial charge < -0.3 is 14.8 Å². The lowest BCUT2D eigenvalue weighted by Crippen LogP contribution is -2.29. The van der Waals surface area contributed by atoms with Crippen molar-refractivity contribution in [2.24, 2.45) is 0 Å². The Kier molecular flexibility index (Phi) is 3.77. The van der Waals surface area contributed by atoms with Crippen molar-refractivity contribution in [2.45, 2.75) is 23.7 Å². The van der Waals surface area contributed by atoms with E-state index in [0.717, 1.165) is 27.0 Å². The molecule has 4 heterocycles. The van der Waals surface area contributed by atoms with E-state index in [2.05, 4.69) is 15.3 Å². The first-order valence-electron chi connectivity index (χ1n) is 9.52. The molecule has 1 N–H and O–H groups in total. The van der Waals surface area contributed by atoms with Gasteiger partial charge in [-0.2, -0.15) is 0 Å². The molecule has 30 heavy (non-hydrogen) atoms. The van der Waals surface area contributed by atoms with Crippen LogP contribution in [0, 0.1) is 0 Å². The molecule has 1 spiro atoms. The van der Waals surface area contributed by atoms with E-state index in [1.54, 1.807) is 29.7 Å². The van der Waals surface area contributed by atoms with E-state index in [1.807, 2.05) is 36.7 Å². The first-order valence-corrected chi connectivity index (χ1v) is 12.0. The summed E-state index contributed by atoms with van der Waals surface area (Å²) in [5.74, 6) is -1.44. The molecule has 4 aromatic rings. The highest BCUT2D eigenvalue weighted by molar-refractivity contribution is 7.91. The number of hydrogen-bond acceptors (Lipinski definition) is 8. The summed E-state index contributed by atoms with van der Waals surface area (Å²) < 4.78 is 38.8. The molecular formula is C21H17N3O4S2. The van der Waals surface area contributed by atoms with E-state index in [4.69, 9.17) is 9.47 Å². The van der Waals surface area contributed by atoms with Gasteiger partial charge in [-0.1, -0.05) is 0 Å². The highest BCUT2D eigenvalue weighted by atomic mass is 32.2. The third kappa shape index (κ3) is 2.66. The van der Waals surface area contributed by atoms with Gasteiger partial charge in [-0.25, -0.2) is 13.4 Å². The SMILES string of the molecule is CC1COC2(CS(=O)(=O)c3cc4c(Nc5ccc6scnc6c5)ccnc4cc32)O1. The predicted molar refractivity (Wildman–Crippen MR) is 115 cm³/mol. The highest BCUT2D eigenvalue weighted by Crippen LogP contribution is 2.47. The van der Waals surface area contributed by atoms with Crippen molar-refractivity contribution in [3.63, 3.8) is 0 Å². The molecule has 1 saturated heterocycles. The molecule has 2 atom stereocenters. The van der Waals surface area contributed by atoms with Crippen molar-refractivity contribution in [1.29, 1.82) is 0 Å².